The Kier molecular flexibility index (Phi) is 7.52. The van der Waals surface area contributed by atoms with E-state index in [1.54, 1.807) is 42.9 Å². The van der Waals surface area contributed by atoms with Crippen molar-refractivity contribution in [3.63, 3.8) is 0 Å². The third-order valence-corrected chi connectivity index (χ3v) is 7.75. The number of hydrogen-bond acceptors (Lipinski definition) is 5. The third kappa shape index (κ3) is 5.31. The fourth-order valence-corrected chi connectivity index (χ4v) is 5.57. The maximum atomic E-state index is 13.8. The number of aromatic nitrogens is 4. The highest BCUT2D eigenvalue weighted by molar-refractivity contribution is 6.30. The first-order valence-electron chi connectivity index (χ1n) is 13.1. The molecule has 0 unspecified atom stereocenters. The molecule has 9 nitrogen and oxygen atoms in total. The lowest BCUT2D eigenvalue weighted by molar-refractivity contribution is 0.0917. The maximum Gasteiger partial charge on any atom is 0.333 e. The van der Waals surface area contributed by atoms with E-state index >= 15 is 0 Å². The van der Waals surface area contributed by atoms with Gasteiger partial charge in [-0.15, -0.1) is 0 Å². The van der Waals surface area contributed by atoms with Crippen molar-refractivity contribution in [1.29, 1.82) is 0 Å². The van der Waals surface area contributed by atoms with E-state index < -0.39 is 0 Å². The molecule has 0 saturated heterocycles. The van der Waals surface area contributed by atoms with Gasteiger partial charge in [0.05, 0.1) is 39.2 Å². The molecule has 1 aromatic carbocycles. The minimum Gasteiger partial charge on any atom is -0.354 e. The number of carbonyl (C=O) groups is 2. The molecule has 3 aromatic heterocycles. The van der Waals surface area contributed by atoms with Gasteiger partial charge in [0.25, 0.3) is 11.8 Å². The summed E-state index contributed by atoms with van der Waals surface area (Å²) in [6.45, 7) is 4.37. The van der Waals surface area contributed by atoms with Gasteiger partial charge in [0.1, 0.15) is 5.69 Å². The molecule has 4 aromatic rings. The summed E-state index contributed by atoms with van der Waals surface area (Å²) in [4.78, 5) is 46.9. The number of aryl methyl sites for hydroxylation is 2. The van der Waals surface area contributed by atoms with Crippen LogP contribution >= 0.6 is 11.6 Å². The van der Waals surface area contributed by atoms with Crippen LogP contribution in [-0.2, 0) is 6.54 Å². The second-order valence-corrected chi connectivity index (χ2v) is 10.6. The van der Waals surface area contributed by atoms with Crippen molar-refractivity contribution in [3.05, 3.63) is 86.8 Å². The molecule has 2 N–H and O–H groups in total. The van der Waals surface area contributed by atoms with Crippen molar-refractivity contribution in [2.24, 2.45) is 5.92 Å². The summed E-state index contributed by atoms with van der Waals surface area (Å²) < 4.78 is 3.53. The van der Waals surface area contributed by atoms with Crippen LogP contribution in [0.15, 0.2) is 53.6 Å². The van der Waals surface area contributed by atoms with E-state index in [4.69, 9.17) is 11.6 Å². The van der Waals surface area contributed by atoms with E-state index in [0.717, 1.165) is 42.3 Å². The number of benzene rings is 1. The van der Waals surface area contributed by atoms with E-state index in [1.807, 2.05) is 29.7 Å². The summed E-state index contributed by atoms with van der Waals surface area (Å²) in [5, 5.41) is 6.13. The zero-order valence-electron chi connectivity index (χ0n) is 22.2. The van der Waals surface area contributed by atoms with Gasteiger partial charge in [-0.25, -0.2) is 9.78 Å². The SMILES string of the molecule is CNC(=O)c1ccc(-n2c(=O)n(C[C@H]3CC[C@H](NC(=O)c4cc(Cl)cnc4C)CC3)c3cccc(C)c32)cn1. The number of imidazole rings is 1. The topological polar surface area (TPSA) is 111 Å². The molecule has 1 fully saturated rings. The molecule has 202 valence electrons. The summed E-state index contributed by atoms with van der Waals surface area (Å²) in [5.41, 5.74) is 4.61. The number of amides is 2. The molecule has 1 saturated carbocycles. The van der Waals surface area contributed by atoms with Crippen molar-refractivity contribution in [1.82, 2.24) is 29.7 Å². The number of nitrogens with zero attached hydrogens (tertiary/aromatic N) is 4. The summed E-state index contributed by atoms with van der Waals surface area (Å²) in [6.07, 6.45) is 6.56. The Labute approximate surface area is 231 Å². The Morgan fingerprint density at radius 1 is 1.03 bits per heavy atom. The standard InChI is InChI=1S/C29H31ClN6O3/c1-17-5-4-6-25-26(17)36(22-11-12-24(33-15-22)28(38)31-3)29(39)35(25)16-19-7-9-21(10-8-19)34-27(37)23-13-20(30)14-32-18(23)2/h4-6,11-15,19,21H,7-10,16H2,1-3H3,(H,31,38)(H,34,37)/t19-,21-. The monoisotopic (exact) mass is 546 g/mol. The van der Waals surface area contributed by atoms with Crippen LogP contribution in [0.1, 0.15) is 57.8 Å². The van der Waals surface area contributed by atoms with Crippen molar-refractivity contribution in [3.8, 4) is 5.69 Å². The van der Waals surface area contributed by atoms with E-state index in [9.17, 15) is 14.4 Å². The van der Waals surface area contributed by atoms with Crippen LogP contribution in [0.2, 0.25) is 5.02 Å². The van der Waals surface area contributed by atoms with Gasteiger partial charge in [0.15, 0.2) is 0 Å². The smallest absolute Gasteiger partial charge is 0.333 e. The van der Waals surface area contributed by atoms with Gasteiger partial charge in [-0.3, -0.25) is 23.7 Å². The van der Waals surface area contributed by atoms with E-state index in [0.29, 0.717) is 40.1 Å². The summed E-state index contributed by atoms with van der Waals surface area (Å²) in [5.74, 6) is -0.130. The van der Waals surface area contributed by atoms with Crippen LogP contribution in [0.5, 0.6) is 0 Å². The second-order valence-electron chi connectivity index (χ2n) is 10.1. The average Bonchev–Trinajstić information content (AvgIpc) is 3.22. The van der Waals surface area contributed by atoms with Crippen molar-refractivity contribution < 1.29 is 9.59 Å². The van der Waals surface area contributed by atoms with Gasteiger partial charge < -0.3 is 10.6 Å². The highest BCUT2D eigenvalue weighted by atomic mass is 35.5. The first kappa shape index (κ1) is 26.6. The fourth-order valence-electron chi connectivity index (χ4n) is 5.42. The first-order valence-corrected chi connectivity index (χ1v) is 13.5. The lowest BCUT2D eigenvalue weighted by Gasteiger charge is -2.29. The van der Waals surface area contributed by atoms with Gasteiger partial charge in [-0.05, 0) is 75.3 Å². The quantitative estimate of drug-likeness (QED) is 0.376. The molecular weight excluding hydrogens is 516 g/mol. The molecule has 10 heteroatoms. The Hall–Kier alpha value is -3.98. The Bertz CT molecular complexity index is 1600. The van der Waals surface area contributed by atoms with Crippen LogP contribution in [0.25, 0.3) is 16.7 Å². The van der Waals surface area contributed by atoms with Crippen LogP contribution in [0.4, 0.5) is 0 Å². The average molecular weight is 547 g/mol. The highest BCUT2D eigenvalue weighted by Gasteiger charge is 2.26. The molecular formula is C29H31ClN6O3. The molecule has 5 rings (SSSR count). The van der Waals surface area contributed by atoms with Crippen LogP contribution in [0, 0.1) is 19.8 Å². The molecule has 39 heavy (non-hydrogen) atoms. The molecule has 0 atom stereocenters. The molecule has 0 radical (unpaired) electrons. The number of hydrogen-bond donors (Lipinski definition) is 2. The van der Waals surface area contributed by atoms with Gasteiger partial charge in [0.2, 0.25) is 0 Å². The van der Waals surface area contributed by atoms with Gasteiger partial charge in [0, 0.05) is 25.8 Å². The molecule has 2 amide bonds. The second kappa shape index (κ2) is 11.0. The third-order valence-electron chi connectivity index (χ3n) is 7.54. The first-order chi connectivity index (χ1) is 18.8. The summed E-state index contributed by atoms with van der Waals surface area (Å²) in [6, 6.07) is 11.0. The molecule has 3 heterocycles. The largest absolute Gasteiger partial charge is 0.354 e. The van der Waals surface area contributed by atoms with Gasteiger partial charge in [-0.2, -0.15) is 0 Å². The minimum atomic E-state index is -0.279. The van der Waals surface area contributed by atoms with Crippen molar-refractivity contribution >= 4 is 34.4 Å². The van der Waals surface area contributed by atoms with E-state index in [2.05, 4.69) is 20.6 Å². The number of rotatable bonds is 6. The molecule has 1 aliphatic rings. The zero-order chi connectivity index (χ0) is 27.7. The van der Waals surface area contributed by atoms with Crippen molar-refractivity contribution in [2.45, 2.75) is 52.1 Å². The number of pyridine rings is 2. The van der Waals surface area contributed by atoms with Gasteiger partial charge >= 0.3 is 5.69 Å². The lowest BCUT2D eigenvalue weighted by atomic mass is 9.85. The molecule has 0 aliphatic heterocycles. The Morgan fingerprint density at radius 3 is 2.49 bits per heavy atom. The minimum absolute atomic E-state index is 0.0670. The normalized spacial score (nSPS) is 17.2. The van der Waals surface area contributed by atoms with Crippen LogP contribution in [0.3, 0.4) is 0 Å². The number of fused-ring (bicyclic) bond motifs is 1. The zero-order valence-corrected chi connectivity index (χ0v) is 23.0. The molecule has 0 bridgehead atoms. The number of nitrogens with one attached hydrogen (secondary N) is 2. The highest BCUT2D eigenvalue weighted by Crippen LogP contribution is 2.28. The predicted octanol–water partition coefficient (Wildman–Crippen LogP) is 4.20. The number of para-hydroxylation sites is 1. The lowest BCUT2D eigenvalue weighted by Crippen LogP contribution is -2.39. The fraction of sp³-hybridized carbons (Fsp3) is 0.345. The van der Waals surface area contributed by atoms with E-state index in [-0.39, 0.29) is 23.5 Å². The predicted molar refractivity (Wildman–Crippen MR) is 151 cm³/mol. The van der Waals surface area contributed by atoms with Crippen molar-refractivity contribution in [2.75, 3.05) is 7.05 Å². The maximum absolute atomic E-state index is 13.8. The molecule has 1 aliphatic carbocycles. The number of halogens is 1. The summed E-state index contributed by atoms with van der Waals surface area (Å²) in [7, 11) is 1.55. The Morgan fingerprint density at radius 2 is 1.79 bits per heavy atom. The van der Waals surface area contributed by atoms with E-state index in [1.165, 1.54) is 6.20 Å². The van der Waals surface area contributed by atoms with Crippen LogP contribution in [-0.4, -0.2) is 44.0 Å². The molecule has 0 spiro atoms. The number of carbonyl (C=O) groups excluding carboxylic acids is 2. The summed E-state index contributed by atoms with van der Waals surface area (Å²) >= 11 is 6.04. The Balaban J connectivity index is 1.34. The van der Waals surface area contributed by atoms with Crippen LogP contribution < -0.4 is 16.3 Å². The van der Waals surface area contributed by atoms with Gasteiger partial charge in [-0.1, -0.05) is 23.7 Å².